The number of carbonyl (C=O) groups is 1. The van der Waals surface area contributed by atoms with E-state index in [0.29, 0.717) is 25.2 Å². The van der Waals surface area contributed by atoms with Gasteiger partial charge in [-0.3, -0.25) is 9.69 Å². The summed E-state index contributed by atoms with van der Waals surface area (Å²) in [4.78, 5) is 16.3. The van der Waals surface area contributed by atoms with Crippen molar-refractivity contribution in [3.8, 4) is 0 Å². The van der Waals surface area contributed by atoms with Crippen LogP contribution in [-0.2, 0) is 4.79 Å². The predicted molar refractivity (Wildman–Crippen MR) is 68.7 cm³/mol. The Balaban J connectivity index is 1.87. The van der Waals surface area contributed by atoms with Crippen LogP contribution >= 0.6 is 0 Å². The summed E-state index contributed by atoms with van der Waals surface area (Å²) in [5.74, 6) is 0.271. The van der Waals surface area contributed by atoms with E-state index in [9.17, 15) is 4.79 Å². The van der Waals surface area contributed by atoms with E-state index in [1.54, 1.807) is 0 Å². The highest BCUT2D eigenvalue weighted by atomic mass is 16.2. The number of nitrogens with two attached hydrogens (primary N) is 1. The van der Waals surface area contributed by atoms with Crippen LogP contribution in [0.15, 0.2) is 0 Å². The predicted octanol–water partition coefficient (Wildman–Crippen LogP) is 0.811. The van der Waals surface area contributed by atoms with Crippen molar-refractivity contribution in [3.05, 3.63) is 0 Å². The van der Waals surface area contributed by atoms with Crippen LogP contribution in [0.1, 0.15) is 38.5 Å². The van der Waals surface area contributed by atoms with Crippen molar-refractivity contribution in [3.63, 3.8) is 0 Å². The van der Waals surface area contributed by atoms with Crippen molar-refractivity contribution in [2.75, 3.05) is 26.7 Å². The van der Waals surface area contributed by atoms with Gasteiger partial charge >= 0.3 is 0 Å². The molecule has 0 bridgehead atoms. The molecule has 4 heteroatoms. The third-order valence-electron chi connectivity index (χ3n) is 4.10. The largest absolute Gasteiger partial charge is 0.342 e. The minimum Gasteiger partial charge on any atom is -0.342 e. The summed E-state index contributed by atoms with van der Waals surface area (Å²) < 4.78 is 0. The van der Waals surface area contributed by atoms with Crippen molar-refractivity contribution in [2.45, 2.75) is 50.6 Å². The first-order valence-electron chi connectivity index (χ1n) is 6.92. The third kappa shape index (κ3) is 3.42. The smallest absolute Gasteiger partial charge is 0.236 e. The van der Waals surface area contributed by atoms with E-state index in [1.165, 1.54) is 32.1 Å². The number of hydrogen-bond donors (Lipinski definition) is 1. The molecule has 1 saturated carbocycles. The number of hydrogen-bond acceptors (Lipinski definition) is 3. The second kappa shape index (κ2) is 5.83. The fourth-order valence-electron chi connectivity index (χ4n) is 2.66. The SMILES string of the molecule is CN(C(=O)CN1CCCCCC1CN)C1CC1. The van der Waals surface area contributed by atoms with Crippen molar-refractivity contribution in [1.82, 2.24) is 9.80 Å². The van der Waals surface area contributed by atoms with Gasteiger partial charge in [-0.25, -0.2) is 0 Å². The molecule has 2 rings (SSSR count). The van der Waals surface area contributed by atoms with Crippen LogP contribution in [0.4, 0.5) is 0 Å². The molecule has 0 radical (unpaired) electrons. The lowest BCUT2D eigenvalue weighted by atomic mass is 10.1. The lowest BCUT2D eigenvalue weighted by Gasteiger charge is -2.30. The maximum Gasteiger partial charge on any atom is 0.236 e. The fraction of sp³-hybridized carbons (Fsp3) is 0.923. The van der Waals surface area contributed by atoms with Crippen LogP contribution in [-0.4, -0.2) is 54.5 Å². The average molecular weight is 239 g/mol. The molecule has 0 aromatic carbocycles. The molecule has 0 aromatic rings. The number of amides is 1. The van der Waals surface area contributed by atoms with E-state index < -0.39 is 0 Å². The summed E-state index contributed by atoms with van der Waals surface area (Å²) in [5.41, 5.74) is 5.82. The van der Waals surface area contributed by atoms with Crippen LogP contribution in [0.25, 0.3) is 0 Å². The van der Waals surface area contributed by atoms with Crippen LogP contribution in [0.2, 0.25) is 0 Å². The molecule has 0 aromatic heterocycles. The summed E-state index contributed by atoms with van der Waals surface area (Å²) in [6.45, 7) is 2.28. The van der Waals surface area contributed by atoms with E-state index in [4.69, 9.17) is 5.73 Å². The van der Waals surface area contributed by atoms with Gasteiger partial charge in [0.05, 0.1) is 6.54 Å². The summed E-state index contributed by atoms with van der Waals surface area (Å²) in [7, 11) is 1.94. The average Bonchev–Trinajstić information content (AvgIpc) is 3.15. The van der Waals surface area contributed by atoms with E-state index in [1.807, 2.05) is 11.9 Å². The Morgan fingerprint density at radius 1 is 1.29 bits per heavy atom. The van der Waals surface area contributed by atoms with E-state index in [0.717, 1.165) is 13.0 Å². The Labute approximate surface area is 104 Å². The third-order valence-corrected chi connectivity index (χ3v) is 4.10. The highest BCUT2D eigenvalue weighted by Crippen LogP contribution is 2.25. The molecular formula is C13H25N3O. The first-order valence-corrected chi connectivity index (χ1v) is 6.92. The van der Waals surface area contributed by atoms with E-state index in [2.05, 4.69) is 4.90 Å². The highest BCUT2D eigenvalue weighted by molar-refractivity contribution is 5.78. The van der Waals surface area contributed by atoms with Gasteiger partial charge in [-0.1, -0.05) is 12.8 Å². The van der Waals surface area contributed by atoms with Crippen LogP contribution in [0, 0.1) is 0 Å². The monoisotopic (exact) mass is 239 g/mol. The Morgan fingerprint density at radius 2 is 2.06 bits per heavy atom. The molecule has 1 heterocycles. The second-order valence-electron chi connectivity index (χ2n) is 5.45. The molecule has 98 valence electrons. The van der Waals surface area contributed by atoms with Gasteiger partial charge in [0.25, 0.3) is 0 Å². The zero-order valence-electron chi connectivity index (χ0n) is 10.9. The molecule has 1 aliphatic heterocycles. The van der Waals surface area contributed by atoms with Gasteiger partial charge in [-0.05, 0) is 32.2 Å². The molecule has 1 amide bonds. The van der Waals surface area contributed by atoms with E-state index in [-0.39, 0.29) is 5.91 Å². The number of nitrogens with zero attached hydrogens (tertiary/aromatic N) is 2. The van der Waals surface area contributed by atoms with Gasteiger partial charge in [0, 0.05) is 25.7 Å². The van der Waals surface area contributed by atoms with Gasteiger partial charge in [0.2, 0.25) is 5.91 Å². The lowest BCUT2D eigenvalue weighted by molar-refractivity contribution is -0.132. The Morgan fingerprint density at radius 3 is 2.71 bits per heavy atom. The minimum atomic E-state index is 0.271. The standard InChI is InChI=1S/C13H25N3O/c1-15(11-6-7-11)13(17)10-16-8-4-2-3-5-12(16)9-14/h11-12H,2-10,14H2,1H3. The van der Waals surface area contributed by atoms with Crippen molar-refractivity contribution < 1.29 is 4.79 Å². The molecule has 2 fully saturated rings. The number of likely N-dealkylation sites (tertiary alicyclic amines) is 1. The summed E-state index contributed by atoms with van der Waals surface area (Å²) in [5, 5.41) is 0. The first-order chi connectivity index (χ1) is 8.22. The maximum absolute atomic E-state index is 12.1. The topological polar surface area (TPSA) is 49.6 Å². The first kappa shape index (κ1) is 12.8. The van der Waals surface area contributed by atoms with Gasteiger partial charge in [0.15, 0.2) is 0 Å². The molecule has 4 nitrogen and oxygen atoms in total. The van der Waals surface area contributed by atoms with Crippen LogP contribution in [0.3, 0.4) is 0 Å². The Bertz CT molecular complexity index is 265. The van der Waals surface area contributed by atoms with Crippen molar-refractivity contribution in [2.24, 2.45) is 5.73 Å². The van der Waals surface area contributed by atoms with E-state index >= 15 is 0 Å². The number of rotatable bonds is 4. The van der Waals surface area contributed by atoms with Gasteiger partial charge in [0.1, 0.15) is 0 Å². The van der Waals surface area contributed by atoms with Crippen molar-refractivity contribution >= 4 is 5.91 Å². The number of carbonyl (C=O) groups excluding carboxylic acids is 1. The molecule has 2 N–H and O–H groups in total. The van der Waals surface area contributed by atoms with Gasteiger partial charge in [-0.15, -0.1) is 0 Å². The molecule has 1 atom stereocenters. The normalized spacial score (nSPS) is 26.6. The second-order valence-corrected chi connectivity index (χ2v) is 5.45. The van der Waals surface area contributed by atoms with Crippen LogP contribution in [0.5, 0.6) is 0 Å². The molecule has 1 aliphatic carbocycles. The van der Waals surface area contributed by atoms with Gasteiger partial charge < -0.3 is 10.6 Å². The highest BCUT2D eigenvalue weighted by Gasteiger charge is 2.31. The fourth-order valence-corrected chi connectivity index (χ4v) is 2.66. The molecule has 1 unspecified atom stereocenters. The summed E-state index contributed by atoms with van der Waals surface area (Å²) in [6.07, 6.45) is 7.25. The van der Waals surface area contributed by atoms with Crippen molar-refractivity contribution in [1.29, 1.82) is 0 Å². The zero-order valence-corrected chi connectivity index (χ0v) is 10.9. The molecule has 1 saturated heterocycles. The molecular weight excluding hydrogens is 214 g/mol. The lowest BCUT2D eigenvalue weighted by Crippen LogP contribution is -2.46. The minimum absolute atomic E-state index is 0.271. The molecule has 17 heavy (non-hydrogen) atoms. The Kier molecular flexibility index (Phi) is 4.40. The molecule has 0 spiro atoms. The molecule has 2 aliphatic rings. The quantitative estimate of drug-likeness (QED) is 0.790. The summed E-state index contributed by atoms with van der Waals surface area (Å²) >= 11 is 0. The van der Waals surface area contributed by atoms with Gasteiger partial charge in [-0.2, -0.15) is 0 Å². The van der Waals surface area contributed by atoms with Crippen LogP contribution < -0.4 is 5.73 Å². The Hall–Kier alpha value is -0.610. The maximum atomic E-state index is 12.1. The summed E-state index contributed by atoms with van der Waals surface area (Å²) in [6, 6.07) is 0.930. The zero-order chi connectivity index (χ0) is 12.3. The number of likely N-dealkylation sites (N-methyl/N-ethyl adjacent to an activating group) is 1.